The lowest BCUT2D eigenvalue weighted by molar-refractivity contribution is -0.301. The predicted molar refractivity (Wildman–Crippen MR) is 321 cm³/mol. The third-order valence-corrected chi connectivity index (χ3v) is 12.4. The molecule has 79 heavy (non-hydrogen) atoms. The predicted octanol–water partition coefficient (Wildman–Crippen LogP) is 15.6. The van der Waals surface area contributed by atoms with Crippen LogP contribution in [0.2, 0.25) is 0 Å². The summed E-state index contributed by atoms with van der Waals surface area (Å²) in [6, 6.07) is 0. The van der Waals surface area contributed by atoms with Crippen molar-refractivity contribution >= 4 is 23.9 Å². The van der Waals surface area contributed by atoms with Crippen molar-refractivity contribution < 1.29 is 58.2 Å². The van der Waals surface area contributed by atoms with Crippen LogP contribution in [-0.4, -0.2) is 89.2 Å². The number of ether oxygens (including phenoxy) is 5. The van der Waals surface area contributed by atoms with Crippen LogP contribution in [-0.2, 0) is 42.9 Å². The van der Waals surface area contributed by atoms with Crippen LogP contribution in [0.5, 0.6) is 0 Å². The fourth-order valence-corrected chi connectivity index (χ4v) is 7.87. The number of hydrogen-bond donors (Lipinski definition) is 3. The number of esters is 3. The second-order valence-corrected chi connectivity index (χ2v) is 19.5. The second kappa shape index (κ2) is 53.3. The Bertz CT molecular complexity index is 1930. The fourth-order valence-electron chi connectivity index (χ4n) is 7.87. The first-order valence-electron chi connectivity index (χ1n) is 29.8. The summed E-state index contributed by atoms with van der Waals surface area (Å²) < 4.78 is 28.3. The maximum absolute atomic E-state index is 13.1. The SMILES string of the molecule is CC/C=C\C/C=C\C/C=C\C/C=C\C/C=C\C/C=C\CCC(=O)OC1C(OCC(COC(=O)CCCCC/C=C\C/C=C\C/C=C\C/C=C\C/C=C\CC)OC(=O)CCCCCCC/C=C\CCCC)OC(C(=O)O)C(O)C1O. The Morgan fingerprint density at radius 3 is 1.29 bits per heavy atom. The third-order valence-electron chi connectivity index (χ3n) is 12.4. The number of aliphatic hydroxyl groups is 2. The quantitative estimate of drug-likeness (QED) is 0.0228. The zero-order valence-corrected chi connectivity index (χ0v) is 48.5. The molecule has 1 aliphatic heterocycles. The number of carbonyl (C=O) groups excluding carboxylic acids is 3. The molecule has 12 heteroatoms. The summed E-state index contributed by atoms with van der Waals surface area (Å²) in [4.78, 5) is 51.1. The second-order valence-electron chi connectivity index (χ2n) is 19.5. The minimum Gasteiger partial charge on any atom is -0.479 e. The van der Waals surface area contributed by atoms with E-state index in [0.29, 0.717) is 25.7 Å². The van der Waals surface area contributed by atoms with Gasteiger partial charge in [0.05, 0.1) is 6.61 Å². The topological polar surface area (TPSA) is 175 Å². The van der Waals surface area contributed by atoms with Crippen LogP contribution >= 0.6 is 0 Å². The number of aliphatic hydroxyl groups excluding tert-OH is 2. The van der Waals surface area contributed by atoms with Crippen LogP contribution in [0.1, 0.15) is 201 Å². The standard InChI is InChI=1S/C67H102O12/c1-4-7-10-13-16-19-22-24-26-28-30-32-34-36-39-41-44-47-50-53-59(68)75-56-58(77-60(69)54-51-48-45-42-38-21-18-15-12-9-6-3)57-76-67-65(63(72)62(71)64(79-67)66(73)74)78-61(70)55-52-49-46-43-40-37-35-33-31-29-27-25-23-20-17-14-11-8-5-2/h7-8,10-11,15-20,24-27,30-33,36-37,39-40,46,49,58,62-65,67,71-72H,4-6,9,12-14,21-23,28-29,34-35,38,41-45,47-48,50-57H2,1-3H3,(H,73,74)/b10-7-,11-8-,18-15-,19-16-,20-17-,26-24-,27-25-,32-30-,33-31-,39-36-,40-37-,49-46-. The molecule has 12 nitrogen and oxygen atoms in total. The van der Waals surface area contributed by atoms with Crippen LogP contribution < -0.4 is 0 Å². The van der Waals surface area contributed by atoms with Crippen molar-refractivity contribution in [3.8, 4) is 0 Å². The van der Waals surface area contributed by atoms with Gasteiger partial charge in [0, 0.05) is 19.3 Å². The van der Waals surface area contributed by atoms with Crippen molar-refractivity contribution in [1.82, 2.24) is 0 Å². The summed E-state index contributed by atoms with van der Waals surface area (Å²) in [6.45, 7) is 5.64. The van der Waals surface area contributed by atoms with Gasteiger partial charge in [0.2, 0.25) is 0 Å². The molecule has 6 atom stereocenters. The Balaban J connectivity index is 2.74. The Kier molecular flexibility index (Phi) is 48.3. The molecule has 0 bridgehead atoms. The largest absolute Gasteiger partial charge is 0.479 e. The van der Waals surface area contributed by atoms with Gasteiger partial charge in [0.25, 0.3) is 0 Å². The number of allylic oxidation sites excluding steroid dienone is 24. The molecule has 1 saturated heterocycles. The average molecular weight is 1100 g/mol. The molecule has 0 amide bonds. The molecule has 6 unspecified atom stereocenters. The lowest BCUT2D eigenvalue weighted by Gasteiger charge is -2.40. The minimum absolute atomic E-state index is 0.0772. The molecule has 0 aliphatic carbocycles. The Hall–Kier alpha value is -5.40. The van der Waals surface area contributed by atoms with Gasteiger partial charge in [-0.3, -0.25) is 14.4 Å². The molecule has 1 heterocycles. The number of carboxylic acid groups (broad SMARTS) is 1. The number of hydrogen-bond acceptors (Lipinski definition) is 11. The van der Waals surface area contributed by atoms with E-state index in [2.05, 4.69) is 148 Å². The van der Waals surface area contributed by atoms with E-state index in [1.54, 1.807) is 0 Å². The molecule has 0 aromatic rings. The van der Waals surface area contributed by atoms with Crippen molar-refractivity contribution in [2.45, 2.75) is 237 Å². The molecular weight excluding hydrogens is 997 g/mol. The van der Waals surface area contributed by atoms with Gasteiger partial charge < -0.3 is 39.0 Å². The molecule has 0 spiro atoms. The first kappa shape index (κ1) is 71.6. The molecule has 442 valence electrons. The van der Waals surface area contributed by atoms with Crippen LogP contribution in [0.25, 0.3) is 0 Å². The van der Waals surface area contributed by atoms with E-state index in [9.17, 15) is 34.5 Å². The average Bonchev–Trinajstić information content (AvgIpc) is 3.43. The van der Waals surface area contributed by atoms with Crippen LogP contribution in [0.3, 0.4) is 0 Å². The van der Waals surface area contributed by atoms with Crippen LogP contribution in [0, 0.1) is 0 Å². The van der Waals surface area contributed by atoms with Gasteiger partial charge in [0.15, 0.2) is 24.6 Å². The van der Waals surface area contributed by atoms with Gasteiger partial charge in [0.1, 0.15) is 18.8 Å². The summed E-state index contributed by atoms with van der Waals surface area (Å²) in [5, 5.41) is 31.5. The normalized spacial score (nSPS) is 18.9. The van der Waals surface area contributed by atoms with E-state index < -0.39 is 67.3 Å². The van der Waals surface area contributed by atoms with Gasteiger partial charge >= 0.3 is 23.9 Å². The minimum atomic E-state index is -1.94. The monoisotopic (exact) mass is 1100 g/mol. The Morgan fingerprint density at radius 1 is 0.430 bits per heavy atom. The summed E-state index contributed by atoms with van der Waals surface area (Å²) >= 11 is 0. The van der Waals surface area contributed by atoms with Crippen molar-refractivity contribution in [2.24, 2.45) is 0 Å². The molecule has 0 aromatic heterocycles. The lowest BCUT2D eigenvalue weighted by atomic mass is 9.98. The number of aliphatic carboxylic acids is 1. The van der Waals surface area contributed by atoms with Crippen molar-refractivity contribution in [3.05, 3.63) is 146 Å². The van der Waals surface area contributed by atoms with Crippen LogP contribution in [0.15, 0.2) is 146 Å². The van der Waals surface area contributed by atoms with E-state index in [1.807, 2.05) is 18.2 Å². The summed E-state index contributed by atoms with van der Waals surface area (Å²) in [5.74, 6) is -3.31. The van der Waals surface area contributed by atoms with E-state index in [0.717, 1.165) is 122 Å². The molecule has 0 radical (unpaired) electrons. The summed E-state index contributed by atoms with van der Waals surface area (Å²) in [7, 11) is 0. The highest BCUT2D eigenvalue weighted by molar-refractivity contribution is 5.74. The maximum atomic E-state index is 13.1. The Labute approximate surface area is 476 Å². The smallest absolute Gasteiger partial charge is 0.335 e. The zero-order valence-electron chi connectivity index (χ0n) is 48.5. The van der Waals surface area contributed by atoms with Crippen LogP contribution in [0.4, 0.5) is 0 Å². The van der Waals surface area contributed by atoms with Gasteiger partial charge in [-0.15, -0.1) is 0 Å². The first-order chi connectivity index (χ1) is 38.6. The van der Waals surface area contributed by atoms with Crippen molar-refractivity contribution in [2.75, 3.05) is 13.2 Å². The maximum Gasteiger partial charge on any atom is 0.335 e. The van der Waals surface area contributed by atoms with E-state index in [1.165, 1.54) is 12.8 Å². The summed E-state index contributed by atoms with van der Waals surface area (Å²) in [5.41, 5.74) is 0. The van der Waals surface area contributed by atoms with Gasteiger partial charge in [-0.1, -0.05) is 205 Å². The molecule has 3 N–H and O–H groups in total. The van der Waals surface area contributed by atoms with E-state index >= 15 is 0 Å². The van der Waals surface area contributed by atoms with Crippen molar-refractivity contribution in [1.29, 1.82) is 0 Å². The molecule has 1 aliphatic rings. The fraction of sp³-hybridized carbons (Fsp3) is 0.582. The third kappa shape index (κ3) is 43.1. The highest BCUT2D eigenvalue weighted by atomic mass is 16.7. The molecule has 1 rings (SSSR count). The van der Waals surface area contributed by atoms with E-state index in [4.69, 9.17) is 23.7 Å². The van der Waals surface area contributed by atoms with Gasteiger partial charge in [-0.2, -0.15) is 0 Å². The molecule has 0 saturated carbocycles. The molecule has 0 aromatic carbocycles. The number of unbranched alkanes of at least 4 members (excludes halogenated alkanes) is 10. The zero-order chi connectivity index (χ0) is 57.5. The lowest BCUT2D eigenvalue weighted by Crippen LogP contribution is -2.61. The molecule has 1 fully saturated rings. The summed E-state index contributed by atoms with van der Waals surface area (Å²) in [6.07, 6.45) is 64.0. The molecular formula is C67H102O12. The highest BCUT2D eigenvalue weighted by Crippen LogP contribution is 2.26. The van der Waals surface area contributed by atoms with E-state index in [-0.39, 0.29) is 25.9 Å². The number of carboxylic acids is 1. The van der Waals surface area contributed by atoms with Gasteiger partial charge in [-0.05, 0) is 122 Å². The first-order valence-corrected chi connectivity index (χ1v) is 29.8. The Morgan fingerprint density at radius 2 is 0.823 bits per heavy atom. The van der Waals surface area contributed by atoms with Crippen molar-refractivity contribution in [3.63, 3.8) is 0 Å². The van der Waals surface area contributed by atoms with Gasteiger partial charge in [-0.25, -0.2) is 4.79 Å². The highest BCUT2D eigenvalue weighted by Gasteiger charge is 2.50. The number of rotatable bonds is 48. The number of carbonyl (C=O) groups is 4.